The fraction of sp³-hybridized carbons (Fsp3) is 0.296. The van der Waals surface area contributed by atoms with Gasteiger partial charge < -0.3 is 10.2 Å². The SMILES string of the molecule is O=C(NCCC(c1ccc(F)cc1)c1ccc(F)cc1)N1CCC(S(=O)(=O)c2ccccc2)CC1. The van der Waals surface area contributed by atoms with E-state index in [4.69, 9.17) is 0 Å². The van der Waals surface area contributed by atoms with Gasteiger partial charge in [-0.15, -0.1) is 0 Å². The Bertz CT molecular complexity index is 1180. The van der Waals surface area contributed by atoms with Crippen molar-refractivity contribution in [2.24, 2.45) is 0 Å². The number of piperidine rings is 1. The number of sulfone groups is 1. The molecule has 1 aliphatic rings. The Balaban J connectivity index is 1.33. The van der Waals surface area contributed by atoms with Gasteiger partial charge in [0.25, 0.3) is 0 Å². The van der Waals surface area contributed by atoms with E-state index < -0.39 is 15.1 Å². The molecule has 5 nitrogen and oxygen atoms in total. The minimum absolute atomic E-state index is 0.141. The summed E-state index contributed by atoms with van der Waals surface area (Å²) in [6, 6.07) is 20.5. The number of hydrogen-bond donors (Lipinski definition) is 1. The molecule has 0 bridgehead atoms. The van der Waals surface area contributed by atoms with Crippen LogP contribution < -0.4 is 5.32 Å². The van der Waals surface area contributed by atoms with Crippen molar-refractivity contribution in [2.75, 3.05) is 19.6 Å². The summed E-state index contributed by atoms with van der Waals surface area (Å²) in [5.41, 5.74) is 1.75. The van der Waals surface area contributed by atoms with E-state index >= 15 is 0 Å². The van der Waals surface area contributed by atoms with E-state index in [9.17, 15) is 22.0 Å². The largest absolute Gasteiger partial charge is 0.338 e. The molecule has 1 fully saturated rings. The highest BCUT2D eigenvalue weighted by atomic mass is 32.2. The number of urea groups is 1. The van der Waals surface area contributed by atoms with E-state index in [1.54, 1.807) is 59.5 Å². The number of carbonyl (C=O) groups excluding carboxylic acids is 1. The molecule has 0 aromatic heterocycles. The highest BCUT2D eigenvalue weighted by Gasteiger charge is 2.32. The zero-order valence-corrected chi connectivity index (χ0v) is 20.1. The van der Waals surface area contributed by atoms with Crippen LogP contribution in [0, 0.1) is 11.6 Å². The van der Waals surface area contributed by atoms with Gasteiger partial charge in [0, 0.05) is 25.6 Å². The number of amides is 2. The molecule has 0 atom stereocenters. The lowest BCUT2D eigenvalue weighted by atomic mass is 9.88. The van der Waals surface area contributed by atoms with Crippen LogP contribution in [0.2, 0.25) is 0 Å². The van der Waals surface area contributed by atoms with Crippen LogP contribution in [0.3, 0.4) is 0 Å². The molecule has 0 saturated carbocycles. The van der Waals surface area contributed by atoms with Gasteiger partial charge in [-0.05, 0) is 66.8 Å². The molecular weight excluding hydrogens is 470 g/mol. The predicted octanol–water partition coefficient (Wildman–Crippen LogP) is 5.13. The lowest BCUT2D eigenvalue weighted by molar-refractivity contribution is 0.186. The Morgan fingerprint density at radius 1 is 0.857 bits per heavy atom. The van der Waals surface area contributed by atoms with Crippen molar-refractivity contribution < 1.29 is 22.0 Å². The van der Waals surface area contributed by atoms with Crippen LogP contribution in [0.15, 0.2) is 83.8 Å². The van der Waals surface area contributed by atoms with Crippen LogP contribution in [0.1, 0.15) is 36.3 Å². The van der Waals surface area contributed by atoms with Gasteiger partial charge in [-0.1, -0.05) is 42.5 Å². The third kappa shape index (κ3) is 6.06. The molecule has 4 rings (SSSR count). The number of benzene rings is 3. The minimum Gasteiger partial charge on any atom is -0.338 e. The third-order valence-corrected chi connectivity index (χ3v) is 8.77. The van der Waals surface area contributed by atoms with Crippen LogP contribution in [-0.2, 0) is 9.84 Å². The van der Waals surface area contributed by atoms with Gasteiger partial charge in [-0.3, -0.25) is 0 Å². The minimum atomic E-state index is -3.42. The first-order chi connectivity index (χ1) is 16.8. The summed E-state index contributed by atoms with van der Waals surface area (Å²) in [6.07, 6.45) is 1.32. The lowest BCUT2D eigenvalue weighted by Crippen LogP contribution is -2.47. The molecule has 3 aromatic carbocycles. The molecule has 1 saturated heterocycles. The van der Waals surface area contributed by atoms with Crippen molar-refractivity contribution in [3.63, 3.8) is 0 Å². The van der Waals surface area contributed by atoms with E-state index in [-0.39, 0.29) is 23.6 Å². The van der Waals surface area contributed by atoms with Gasteiger partial charge in [-0.2, -0.15) is 0 Å². The van der Waals surface area contributed by atoms with E-state index in [1.807, 2.05) is 0 Å². The lowest BCUT2D eigenvalue weighted by Gasteiger charge is -2.32. The average molecular weight is 499 g/mol. The monoisotopic (exact) mass is 498 g/mol. The Hall–Kier alpha value is -3.26. The zero-order valence-electron chi connectivity index (χ0n) is 19.2. The molecule has 1 aliphatic heterocycles. The molecule has 35 heavy (non-hydrogen) atoms. The maximum atomic E-state index is 13.4. The third-order valence-electron chi connectivity index (χ3n) is 6.49. The molecule has 1 heterocycles. The Morgan fingerprint density at radius 3 is 1.89 bits per heavy atom. The molecule has 8 heteroatoms. The molecule has 0 unspecified atom stereocenters. The molecule has 2 amide bonds. The van der Waals surface area contributed by atoms with E-state index in [1.165, 1.54) is 24.3 Å². The zero-order chi connectivity index (χ0) is 24.8. The van der Waals surface area contributed by atoms with Crippen molar-refractivity contribution >= 4 is 15.9 Å². The molecule has 3 aromatic rings. The summed E-state index contributed by atoms with van der Waals surface area (Å²) < 4.78 is 52.5. The first-order valence-electron chi connectivity index (χ1n) is 11.7. The van der Waals surface area contributed by atoms with Gasteiger partial charge >= 0.3 is 6.03 Å². The summed E-state index contributed by atoms with van der Waals surface area (Å²) in [4.78, 5) is 14.7. The fourth-order valence-corrected chi connectivity index (χ4v) is 6.28. The van der Waals surface area contributed by atoms with Crippen molar-refractivity contribution in [1.82, 2.24) is 10.2 Å². The normalized spacial score (nSPS) is 14.8. The van der Waals surface area contributed by atoms with Crippen molar-refractivity contribution in [1.29, 1.82) is 0 Å². The number of carbonyl (C=O) groups is 1. The van der Waals surface area contributed by atoms with Crippen molar-refractivity contribution in [3.05, 3.63) is 102 Å². The quantitative estimate of drug-likeness (QED) is 0.491. The number of nitrogens with zero attached hydrogens (tertiary/aromatic N) is 1. The molecular formula is C27H28F2N2O3S. The number of halogens is 2. The molecule has 0 spiro atoms. The van der Waals surface area contributed by atoms with Crippen molar-refractivity contribution in [3.8, 4) is 0 Å². The Kier molecular flexibility index (Phi) is 7.80. The average Bonchev–Trinajstić information content (AvgIpc) is 2.88. The van der Waals surface area contributed by atoms with Crippen molar-refractivity contribution in [2.45, 2.75) is 35.3 Å². The number of rotatable bonds is 7. The highest BCUT2D eigenvalue weighted by molar-refractivity contribution is 7.92. The highest BCUT2D eigenvalue weighted by Crippen LogP contribution is 2.28. The Morgan fingerprint density at radius 2 is 1.37 bits per heavy atom. The van der Waals surface area contributed by atoms with Crippen LogP contribution in [-0.4, -0.2) is 44.2 Å². The van der Waals surface area contributed by atoms with Gasteiger partial charge in [0.15, 0.2) is 9.84 Å². The summed E-state index contributed by atoms with van der Waals surface area (Å²) in [6.45, 7) is 1.09. The summed E-state index contributed by atoms with van der Waals surface area (Å²) in [5.74, 6) is -0.812. The summed E-state index contributed by atoms with van der Waals surface area (Å²) in [5, 5.41) is 2.42. The standard InChI is InChI=1S/C27H28F2N2O3S/c28-22-10-6-20(7-11-22)26(21-8-12-23(29)13-9-21)14-17-30-27(32)31-18-15-25(16-19-31)35(33,34)24-4-2-1-3-5-24/h1-13,25-26H,14-19H2,(H,30,32). The maximum absolute atomic E-state index is 13.4. The van der Waals surface area contributed by atoms with Gasteiger partial charge in [-0.25, -0.2) is 22.0 Å². The first kappa shape index (κ1) is 24.9. The summed E-state index contributed by atoms with van der Waals surface area (Å²) >= 11 is 0. The van der Waals surface area contributed by atoms with Gasteiger partial charge in [0.2, 0.25) is 0 Å². The number of hydrogen-bond acceptors (Lipinski definition) is 3. The molecule has 184 valence electrons. The molecule has 0 aliphatic carbocycles. The maximum Gasteiger partial charge on any atom is 0.317 e. The fourth-order valence-electron chi connectivity index (χ4n) is 4.52. The summed E-state index contributed by atoms with van der Waals surface area (Å²) in [7, 11) is -3.42. The second-order valence-corrected chi connectivity index (χ2v) is 10.9. The molecule has 1 N–H and O–H groups in total. The second-order valence-electron chi connectivity index (χ2n) is 8.72. The Labute approximate surface area is 204 Å². The van der Waals surface area contributed by atoms with Gasteiger partial charge in [0.05, 0.1) is 10.1 Å². The van der Waals surface area contributed by atoms with E-state index in [0.717, 1.165) is 11.1 Å². The van der Waals surface area contributed by atoms with Crippen LogP contribution in [0.4, 0.5) is 13.6 Å². The predicted molar refractivity (Wildman–Crippen MR) is 131 cm³/mol. The second kappa shape index (κ2) is 11.0. The van der Waals surface area contributed by atoms with Gasteiger partial charge in [0.1, 0.15) is 11.6 Å². The topological polar surface area (TPSA) is 66.5 Å². The molecule has 0 radical (unpaired) electrons. The number of likely N-dealkylation sites (tertiary alicyclic amines) is 1. The van der Waals surface area contributed by atoms with Crippen LogP contribution in [0.25, 0.3) is 0 Å². The van der Waals surface area contributed by atoms with E-state index in [0.29, 0.717) is 43.8 Å². The van der Waals surface area contributed by atoms with Crippen LogP contribution >= 0.6 is 0 Å². The van der Waals surface area contributed by atoms with Crippen LogP contribution in [0.5, 0.6) is 0 Å². The smallest absolute Gasteiger partial charge is 0.317 e. The number of nitrogens with one attached hydrogen (secondary N) is 1. The first-order valence-corrected chi connectivity index (χ1v) is 13.2. The van der Waals surface area contributed by atoms with E-state index in [2.05, 4.69) is 5.32 Å².